The van der Waals surface area contributed by atoms with Crippen LogP contribution in [0.15, 0.2) is 20.6 Å². The second-order valence-electron chi connectivity index (χ2n) is 2.80. The van der Waals surface area contributed by atoms with Gasteiger partial charge in [0.05, 0.1) is 0 Å². The van der Waals surface area contributed by atoms with Crippen LogP contribution < -0.4 is 0 Å². The van der Waals surface area contributed by atoms with Gasteiger partial charge in [-0.1, -0.05) is 0 Å². The van der Waals surface area contributed by atoms with E-state index in [-0.39, 0.29) is 0 Å². The fraction of sp³-hybridized carbons (Fsp3) is 0.556. The maximum absolute atomic E-state index is 2.40. The summed E-state index contributed by atoms with van der Waals surface area (Å²) in [5, 5.41) is 0. The van der Waals surface area contributed by atoms with Crippen LogP contribution in [0.5, 0.6) is 0 Å². The van der Waals surface area contributed by atoms with Crippen LogP contribution in [0.1, 0.15) is 33.1 Å². The van der Waals surface area contributed by atoms with Crippen molar-refractivity contribution in [3.63, 3.8) is 0 Å². The molecule has 0 heterocycles. The third-order valence-electron chi connectivity index (χ3n) is 2.04. The predicted molar refractivity (Wildman–Crippen MR) is 40.3 cm³/mol. The standard InChI is InChI=1S/C9H13.Hf/c1-3-5-9-7-4-6-8(9)2;/h4H,3,5,7H2,1-2H3;. The minimum absolute atomic E-state index is 1.24. The van der Waals surface area contributed by atoms with Crippen LogP contribution in [-0.4, -0.2) is 0 Å². The molecule has 0 spiro atoms. The van der Waals surface area contributed by atoms with Gasteiger partial charge in [0.2, 0.25) is 0 Å². The average Bonchev–Trinajstić information content (AvgIpc) is 2.20. The molecule has 0 nitrogen and oxygen atoms in total. The summed E-state index contributed by atoms with van der Waals surface area (Å²) in [5.41, 5.74) is 3.29. The summed E-state index contributed by atoms with van der Waals surface area (Å²) in [4.78, 5) is 0. The quantitative estimate of drug-likeness (QED) is 0.688. The summed E-state index contributed by atoms with van der Waals surface area (Å²) in [6.07, 6.45) is 6.26. The van der Waals surface area contributed by atoms with Gasteiger partial charge in [-0.25, -0.2) is 0 Å². The molecule has 1 rings (SSSR count). The zero-order valence-corrected chi connectivity index (χ0v) is 10.3. The molecule has 0 fully saturated rings. The molecule has 0 radical (unpaired) electrons. The van der Waals surface area contributed by atoms with E-state index < -0.39 is 0 Å². The molecule has 10 heavy (non-hydrogen) atoms. The van der Waals surface area contributed by atoms with E-state index in [1.165, 1.54) is 43.6 Å². The number of hydrogen-bond acceptors (Lipinski definition) is 0. The Morgan fingerprint density at radius 1 is 1.60 bits per heavy atom. The number of hydrogen-bond donors (Lipinski definition) is 0. The zero-order valence-electron chi connectivity index (χ0n) is 6.70. The summed E-state index contributed by atoms with van der Waals surface area (Å²) in [6.45, 7) is 4.53. The normalized spacial score (nSPS) is 17.9. The average molecular weight is 300 g/mol. The van der Waals surface area contributed by atoms with Gasteiger partial charge in [-0.2, -0.15) is 0 Å². The number of rotatable bonds is 2. The number of allylic oxidation sites excluding steroid dienone is 4. The summed E-state index contributed by atoms with van der Waals surface area (Å²) < 4.78 is 1.63. The summed E-state index contributed by atoms with van der Waals surface area (Å²) in [6, 6.07) is 0. The molecule has 0 unspecified atom stereocenters. The van der Waals surface area contributed by atoms with E-state index in [2.05, 4.69) is 19.9 Å². The van der Waals surface area contributed by atoms with E-state index >= 15 is 0 Å². The van der Waals surface area contributed by atoms with Crippen LogP contribution in [0, 0.1) is 0 Å². The van der Waals surface area contributed by atoms with Gasteiger partial charge >= 0.3 is 78.0 Å². The van der Waals surface area contributed by atoms with Gasteiger partial charge in [0.25, 0.3) is 0 Å². The third-order valence-corrected chi connectivity index (χ3v) is 4.12. The van der Waals surface area contributed by atoms with Crippen LogP contribution in [0.3, 0.4) is 0 Å². The molecule has 0 saturated heterocycles. The fourth-order valence-corrected chi connectivity index (χ4v) is 2.32. The fourth-order valence-electron chi connectivity index (χ4n) is 1.31. The molecule has 0 atom stereocenters. The summed E-state index contributed by atoms with van der Waals surface area (Å²) in [7, 11) is 0. The molecular formula is C9H13Hf. The van der Waals surface area contributed by atoms with Crippen LogP contribution >= 0.6 is 0 Å². The maximum atomic E-state index is 2.40. The first-order valence-electron chi connectivity index (χ1n) is 3.86. The Morgan fingerprint density at radius 3 is 2.70 bits per heavy atom. The van der Waals surface area contributed by atoms with Gasteiger partial charge < -0.3 is 0 Å². The second kappa shape index (κ2) is 3.66. The Kier molecular flexibility index (Phi) is 3.09. The van der Waals surface area contributed by atoms with Crippen molar-refractivity contribution in [3.05, 3.63) is 20.6 Å². The van der Waals surface area contributed by atoms with Gasteiger partial charge in [0.1, 0.15) is 0 Å². The van der Waals surface area contributed by atoms with Crippen molar-refractivity contribution in [2.75, 3.05) is 0 Å². The molecule has 0 saturated carbocycles. The van der Waals surface area contributed by atoms with Gasteiger partial charge in [-0.3, -0.25) is 0 Å². The molecule has 0 aliphatic heterocycles. The Balaban J connectivity index is 2.64. The van der Waals surface area contributed by atoms with E-state index in [9.17, 15) is 0 Å². The third kappa shape index (κ3) is 1.69. The summed E-state index contributed by atoms with van der Waals surface area (Å²) >= 11 is 1.24. The van der Waals surface area contributed by atoms with E-state index in [1.807, 2.05) is 0 Å². The topological polar surface area (TPSA) is 0 Å². The van der Waals surface area contributed by atoms with E-state index in [0.29, 0.717) is 0 Å². The molecule has 0 aromatic rings. The van der Waals surface area contributed by atoms with E-state index in [0.717, 1.165) is 0 Å². The van der Waals surface area contributed by atoms with Crippen molar-refractivity contribution >= 4 is 0 Å². The van der Waals surface area contributed by atoms with Crippen molar-refractivity contribution in [2.45, 2.75) is 33.1 Å². The second-order valence-corrected chi connectivity index (χ2v) is 4.74. The van der Waals surface area contributed by atoms with Gasteiger partial charge in [0.15, 0.2) is 0 Å². The SMILES string of the molecule is CCCC1=C(C)[C]([Hf])=CC1. The molecule has 0 aromatic heterocycles. The monoisotopic (exact) mass is 301 g/mol. The van der Waals surface area contributed by atoms with Crippen LogP contribution in [0.2, 0.25) is 0 Å². The van der Waals surface area contributed by atoms with E-state index in [1.54, 1.807) is 14.5 Å². The Bertz CT molecular complexity index is 187. The molecule has 1 aliphatic carbocycles. The van der Waals surface area contributed by atoms with Gasteiger partial charge in [0, 0.05) is 0 Å². The van der Waals surface area contributed by atoms with Crippen molar-refractivity contribution in [1.29, 1.82) is 0 Å². The molecule has 1 heteroatoms. The Labute approximate surface area is 78.0 Å². The molecule has 1 aliphatic rings. The Morgan fingerprint density at radius 2 is 2.30 bits per heavy atom. The van der Waals surface area contributed by atoms with E-state index in [4.69, 9.17) is 0 Å². The molecule has 0 N–H and O–H groups in total. The van der Waals surface area contributed by atoms with Crippen molar-refractivity contribution in [1.82, 2.24) is 0 Å². The van der Waals surface area contributed by atoms with Crippen LogP contribution in [0.25, 0.3) is 0 Å². The predicted octanol–water partition coefficient (Wildman–Crippen LogP) is 2.94. The van der Waals surface area contributed by atoms with Gasteiger partial charge in [-0.15, -0.1) is 0 Å². The van der Waals surface area contributed by atoms with Crippen molar-refractivity contribution in [2.24, 2.45) is 0 Å². The van der Waals surface area contributed by atoms with Crippen LogP contribution in [0.4, 0.5) is 0 Å². The first kappa shape index (κ1) is 8.45. The molecular weight excluding hydrogens is 287 g/mol. The first-order valence-corrected chi connectivity index (χ1v) is 5.66. The molecule has 0 aromatic carbocycles. The van der Waals surface area contributed by atoms with Crippen LogP contribution in [-0.2, 0) is 24.4 Å². The molecule has 0 bridgehead atoms. The molecule has 0 amide bonds. The zero-order chi connectivity index (χ0) is 7.56. The summed E-state index contributed by atoms with van der Waals surface area (Å²) in [5.74, 6) is 0. The first-order chi connectivity index (χ1) is 4.75. The molecule has 53 valence electrons. The van der Waals surface area contributed by atoms with Gasteiger partial charge in [-0.05, 0) is 0 Å². The van der Waals surface area contributed by atoms with Crippen molar-refractivity contribution in [3.8, 4) is 0 Å². The minimum atomic E-state index is 1.24. The van der Waals surface area contributed by atoms with Crippen molar-refractivity contribution < 1.29 is 24.4 Å². The Hall–Kier alpha value is 0.350.